The molecule has 0 aliphatic carbocycles. The van der Waals surface area contributed by atoms with E-state index in [0.717, 1.165) is 11.1 Å². The number of β-lactam (4-membered cyclic amide) rings is 1. The fraction of sp³-hybridized carbons (Fsp3) is 0.353. The maximum Gasteiger partial charge on any atom is 0.354 e. The van der Waals surface area contributed by atoms with Crippen LogP contribution in [0, 0.1) is 0 Å². The number of ether oxygens (including phenoxy) is 1. The number of rotatable bonds is 5. The number of hydrogen-bond donors (Lipinski definition) is 1. The van der Waals surface area contributed by atoms with Gasteiger partial charge in [-0.25, -0.2) is 4.79 Å². The van der Waals surface area contributed by atoms with Gasteiger partial charge in [-0.1, -0.05) is 46.3 Å². The second-order valence-corrected chi connectivity index (χ2v) is 7.36. The SMILES string of the molecule is COC(=O)C1=C(CBr)CS[C@@H]2C(NC(=O)Cc3ccccc3)C(=O)N12. The van der Waals surface area contributed by atoms with Crippen LogP contribution in [0.5, 0.6) is 0 Å². The van der Waals surface area contributed by atoms with Crippen molar-refractivity contribution in [2.45, 2.75) is 17.8 Å². The summed E-state index contributed by atoms with van der Waals surface area (Å²) in [4.78, 5) is 38.2. The molecular weight excluding hydrogens is 408 g/mol. The van der Waals surface area contributed by atoms with Crippen molar-refractivity contribution < 1.29 is 19.1 Å². The number of carbonyl (C=O) groups excluding carboxylic acids is 3. The van der Waals surface area contributed by atoms with Crippen LogP contribution in [-0.4, -0.2) is 52.3 Å². The number of amides is 2. The van der Waals surface area contributed by atoms with Gasteiger partial charge in [-0.3, -0.25) is 14.5 Å². The number of fused-ring (bicyclic) bond motifs is 1. The molecule has 0 radical (unpaired) electrons. The Balaban J connectivity index is 1.70. The summed E-state index contributed by atoms with van der Waals surface area (Å²) in [5.41, 5.74) is 1.99. The molecule has 1 saturated heterocycles. The highest BCUT2D eigenvalue weighted by Crippen LogP contribution is 2.40. The Hall–Kier alpha value is -1.80. The van der Waals surface area contributed by atoms with Gasteiger partial charge in [0.05, 0.1) is 13.5 Å². The van der Waals surface area contributed by atoms with Gasteiger partial charge in [0.25, 0.3) is 5.91 Å². The maximum absolute atomic E-state index is 12.5. The number of halogens is 1. The van der Waals surface area contributed by atoms with Crippen LogP contribution in [0.4, 0.5) is 0 Å². The van der Waals surface area contributed by atoms with Gasteiger partial charge in [-0.05, 0) is 11.1 Å². The number of nitrogens with zero attached hydrogens (tertiary/aromatic N) is 1. The van der Waals surface area contributed by atoms with Gasteiger partial charge >= 0.3 is 5.97 Å². The summed E-state index contributed by atoms with van der Waals surface area (Å²) in [5.74, 6) is -0.408. The lowest BCUT2D eigenvalue weighted by atomic mass is 10.0. The van der Waals surface area contributed by atoms with Crippen molar-refractivity contribution in [2.75, 3.05) is 18.2 Å². The topological polar surface area (TPSA) is 75.7 Å². The predicted molar refractivity (Wildman–Crippen MR) is 98.0 cm³/mol. The number of nitrogens with one attached hydrogen (secondary N) is 1. The number of thioether (sulfide) groups is 1. The summed E-state index contributed by atoms with van der Waals surface area (Å²) in [6, 6.07) is 8.73. The third-order valence-corrected chi connectivity index (χ3v) is 6.13. The Morgan fingerprint density at radius 1 is 1.36 bits per heavy atom. The zero-order valence-electron chi connectivity index (χ0n) is 13.5. The normalized spacial score (nSPS) is 22.2. The summed E-state index contributed by atoms with van der Waals surface area (Å²) in [6.07, 6.45) is 0.217. The molecule has 2 aliphatic rings. The second-order valence-electron chi connectivity index (χ2n) is 5.69. The minimum Gasteiger partial charge on any atom is -0.464 e. The van der Waals surface area contributed by atoms with E-state index in [-0.39, 0.29) is 23.6 Å². The zero-order valence-corrected chi connectivity index (χ0v) is 15.9. The number of hydrogen-bond acceptors (Lipinski definition) is 5. The molecule has 0 bridgehead atoms. The van der Waals surface area contributed by atoms with E-state index in [2.05, 4.69) is 21.2 Å². The zero-order chi connectivity index (χ0) is 18.0. The summed E-state index contributed by atoms with van der Waals surface area (Å²) >= 11 is 4.88. The van der Waals surface area contributed by atoms with E-state index in [1.807, 2.05) is 30.3 Å². The molecule has 2 atom stereocenters. The van der Waals surface area contributed by atoms with Crippen LogP contribution in [0.2, 0.25) is 0 Å². The van der Waals surface area contributed by atoms with E-state index in [1.165, 1.54) is 23.8 Å². The average Bonchev–Trinajstić information content (AvgIpc) is 2.64. The molecule has 132 valence electrons. The molecule has 0 spiro atoms. The summed E-state index contributed by atoms with van der Waals surface area (Å²) in [6.45, 7) is 0. The quantitative estimate of drug-likeness (QED) is 0.439. The lowest BCUT2D eigenvalue weighted by molar-refractivity contribution is -0.151. The Kier molecular flexibility index (Phi) is 5.48. The highest BCUT2D eigenvalue weighted by molar-refractivity contribution is 9.09. The Morgan fingerprint density at radius 2 is 2.08 bits per heavy atom. The highest BCUT2D eigenvalue weighted by Gasteiger charge is 2.54. The van der Waals surface area contributed by atoms with Gasteiger partial charge in [0.1, 0.15) is 17.1 Å². The standard InChI is InChI=1S/C17H17BrN2O4S/c1-24-17(23)14-11(8-18)9-25-16-13(15(22)20(14)16)19-12(21)7-10-5-3-2-4-6-10/h2-6,13,16H,7-9H2,1H3,(H,19,21)/t13?,16-/m1/s1. The molecule has 0 saturated carbocycles. The Morgan fingerprint density at radius 3 is 2.72 bits per heavy atom. The lowest BCUT2D eigenvalue weighted by Crippen LogP contribution is -2.70. The molecular formula is C17H17BrN2O4S. The molecule has 2 amide bonds. The molecule has 2 aliphatic heterocycles. The summed E-state index contributed by atoms with van der Waals surface area (Å²) < 4.78 is 4.81. The second kappa shape index (κ2) is 7.61. The molecule has 1 aromatic rings. The van der Waals surface area contributed by atoms with E-state index in [0.29, 0.717) is 16.8 Å². The fourth-order valence-electron chi connectivity index (χ4n) is 2.88. The van der Waals surface area contributed by atoms with Gasteiger partial charge < -0.3 is 10.1 Å². The molecule has 1 unspecified atom stereocenters. The van der Waals surface area contributed by atoms with Crippen LogP contribution >= 0.6 is 27.7 Å². The monoisotopic (exact) mass is 424 g/mol. The van der Waals surface area contributed by atoms with Crippen LogP contribution in [-0.2, 0) is 25.5 Å². The van der Waals surface area contributed by atoms with Gasteiger partial charge in [-0.15, -0.1) is 11.8 Å². The largest absolute Gasteiger partial charge is 0.464 e. The molecule has 25 heavy (non-hydrogen) atoms. The first-order valence-electron chi connectivity index (χ1n) is 7.71. The fourth-order valence-corrected chi connectivity index (χ4v) is 4.95. The number of methoxy groups -OCH3 is 1. The minimum atomic E-state index is -0.613. The third kappa shape index (κ3) is 3.46. The predicted octanol–water partition coefficient (Wildman–Crippen LogP) is 1.45. The van der Waals surface area contributed by atoms with E-state index in [1.54, 1.807) is 0 Å². The van der Waals surface area contributed by atoms with Crippen molar-refractivity contribution in [3.05, 3.63) is 47.2 Å². The van der Waals surface area contributed by atoms with Gasteiger partial charge in [0, 0.05) is 11.1 Å². The van der Waals surface area contributed by atoms with E-state index < -0.39 is 12.0 Å². The van der Waals surface area contributed by atoms with E-state index in [9.17, 15) is 14.4 Å². The van der Waals surface area contributed by atoms with Crippen LogP contribution in [0.3, 0.4) is 0 Å². The van der Waals surface area contributed by atoms with Gasteiger partial charge in [0.15, 0.2) is 0 Å². The average molecular weight is 425 g/mol. The van der Waals surface area contributed by atoms with E-state index >= 15 is 0 Å². The molecule has 8 heteroatoms. The maximum atomic E-state index is 12.5. The van der Waals surface area contributed by atoms with E-state index in [4.69, 9.17) is 4.74 Å². The minimum absolute atomic E-state index is 0.209. The van der Waals surface area contributed by atoms with Crippen molar-refractivity contribution >= 4 is 45.5 Å². The summed E-state index contributed by atoms with van der Waals surface area (Å²) in [7, 11) is 1.29. The lowest BCUT2D eigenvalue weighted by Gasteiger charge is -2.49. The molecule has 1 fully saturated rings. The van der Waals surface area contributed by atoms with Crippen molar-refractivity contribution in [3.8, 4) is 0 Å². The van der Waals surface area contributed by atoms with Crippen LogP contribution < -0.4 is 5.32 Å². The molecule has 1 aromatic carbocycles. The molecule has 2 heterocycles. The Bertz CT molecular complexity index is 737. The first kappa shape index (κ1) is 18.0. The first-order chi connectivity index (χ1) is 12.1. The first-order valence-corrected chi connectivity index (χ1v) is 9.88. The van der Waals surface area contributed by atoms with Gasteiger partial charge in [-0.2, -0.15) is 0 Å². The van der Waals surface area contributed by atoms with Crippen molar-refractivity contribution in [1.29, 1.82) is 0 Å². The molecule has 0 aromatic heterocycles. The van der Waals surface area contributed by atoms with Gasteiger partial charge in [0.2, 0.25) is 5.91 Å². The van der Waals surface area contributed by atoms with Crippen LogP contribution in [0.25, 0.3) is 0 Å². The number of carbonyl (C=O) groups is 3. The third-order valence-electron chi connectivity index (χ3n) is 4.11. The number of esters is 1. The van der Waals surface area contributed by atoms with Crippen molar-refractivity contribution in [2.24, 2.45) is 0 Å². The van der Waals surface area contributed by atoms with Crippen molar-refractivity contribution in [1.82, 2.24) is 10.2 Å². The Labute approximate surface area is 158 Å². The smallest absolute Gasteiger partial charge is 0.354 e. The van der Waals surface area contributed by atoms with Crippen LogP contribution in [0.1, 0.15) is 5.56 Å². The summed E-state index contributed by atoms with van der Waals surface area (Å²) in [5, 5.41) is 3.00. The molecule has 1 N–H and O–H groups in total. The molecule has 3 rings (SSSR count). The van der Waals surface area contributed by atoms with Crippen molar-refractivity contribution in [3.63, 3.8) is 0 Å². The number of benzene rings is 1. The molecule has 6 nitrogen and oxygen atoms in total. The number of alkyl halides is 1. The highest BCUT2D eigenvalue weighted by atomic mass is 79.9. The van der Waals surface area contributed by atoms with Crippen LogP contribution in [0.15, 0.2) is 41.6 Å².